The molecule has 1 atom stereocenters. The van der Waals surface area contributed by atoms with E-state index in [-0.39, 0.29) is 0 Å². The topological polar surface area (TPSA) is 24.9 Å². The fourth-order valence-electron chi connectivity index (χ4n) is 2.70. The second kappa shape index (κ2) is 4.88. The van der Waals surface area contributed by atoms with Gasteiger partial charge in [0.2, 0.25) is 0 Å². The van der Waals surface area contributed by atoms with E-state index in [1.54, 1.807) is 11.3 Å². The summed E-state index contributed by atoms with van der Waals surface area (Å²) in [7, 11) is 0. The molecule has 1 fully saturated rings. The zero-order valence-electron chi connectivity index (χ0n) is 11.1. The summed E-state index contributed by atoms with van der Waals surface area (Å²) in [5.41, 5.74) is 2.35. The Morgan fingerprint density at radius 2 is 2.28 bits per heavy atom. The Morgan fingerprint density at radius 3 is 3.00 bits per heavy atom. The summed E-state index contributed by atoms with van der Waals surface area (Å²) in [5, 5.41) is 4.76. The fraction of sp³-hybridized carbons (Fsp3) is 0.533. The SMILES string of the molecule is Cc1nc2ccc(NC(C)CC3CCC3)cc2s1. The lowest BCUT2D eigenvalue weighted by molar-refractivity contribution is 0.286. The van der Waals surface area contributed by atoms with Crippen LogP contribution in [0.5, 0.6) is 0 Å². The van der Waals surface area contributed by atoms with E-state index in [0.717, 1.165) is 16.4 Å². The lowest BCUT2D eigenvalue weighted by atomic mass is 9.81. The normalized spacial score (nSPS) is 17.7. The average Bonchev–Trinajstić information content (AvgIpc) is 2.63. The van der Waals surface area contributed by atoms with Crippen molar-refractivity contribution in [1.29, 1.82) is 0 Å². The molecule has 1 aliphatic rings. The number of fused-ring (bicyclic) bond motifs is 1. The summed E-state index contributed by atoms with van der Waals surface area (Å²) in [6.45, 7) is 4.36. The molecule has 0 bridgehead atoms. The first kappa shape index (κ1) is 12.0. The van der Waals surface area contributed by atoms with Gasteiger partial charge in [-0.15, -0.1) is 11.3 Å². The van der Waals surface area contributed by atoms with E-state index in [1.807, 2.05) is 0 Å². The van der Waals surface area contributed by atoms with Crippen LogP contribution in [0.25, 0.3) is 10.2 Å². The van der Waals surface area contributed by atoms with Gasteiger partial charge in [-0.25, -0.2) is 4.98 Å². The second-order valence-corrected chi connectivity index (χ2v) is 6.73. The number of hydrogen-bond donors (Lipinski definition) is 1. The van der Waals surface area contributed by atoms with Crippen molar-refractivity contribution >= 4 is 27.2 Å². The Bertz CT molecular complexity index is 542. The summed E-state index contributed by atoms with van der Waals surface area (Å²) in [6, 6.07) is 7.08. The molecule has 1 aromatic heterocycles. The molecule has 1 unspecified atom stereocenters. The maximum absolute atomic E-state index is 4.49. The van der Waals surface area contributed by atoms with Gasteiger partial charge in [-0.3, -0.25) is 0 Å². The molecule has 0 aliphatic heterocycles. The van der Waals surface area contributed by atoms with Gasteiger partial charge in [-0.05, 0) is 44.4 Å². The Hall–Kier alpha value is -1.09. The van der Waals surface area contributed by atoms with E-state index in [2.05, 4.69) is 42.3 Å². The molecule has 3 rings (SSSR count). The highest BCUT2D eigenvalue weighted by Gasteiger charge is 2.19. The van der Waals surface area contributed by atoms with Gasteiger partial charge in [-0.1, -0.05) is 19.3 Å². The standard InChI is InChI=1S/C15H20N2S/c1-10(8-12-4-3-5-12)16-13-6-7-14-15(9-13)18-11(2)17-14/h6-7,9-10,12,16H,3-5,8H2,1-2H3. The molecule has 18 heavy (non-hydrogen) atoms. The molecule has 1 heterocycles. The molecule has 1 N–H and O–H groups in total. The van der Waals surface area contributed by atoms with E-state index >= 15 is 0 Å². The molecule has 1 aromatic carbocycles. The molecule has 0 radical (unpaired) electrons. The predicted octanol–water partition coefficient (Wildman–Crippen LogP) is 4.60. The van der Waals surface area contributed by atoms with Crippen molar-refractivity contribution in [3.63, 3.8) is 0 Å². The number of nitrogens with one attached hydrogen (secondary N) is 1. The summed E-state index contributed by atoms with van der Waals surface area (Å²) in [5.74, 6) is 0.960. The number of anilines is 1. The van der Waals surface area contributed by atoms with E-state index < -0.39 is 0 Å². The molecule has 1 aliphatic carbocycles. The molecule has 2 aromatic rings. The monoisotopic (exact) mass is 260 g/mol. The quantitative estimate of drug-likeness (QED) is 0.869. The summed E-state index contributed by atoms with van der Waals surface area (Å²) in [4.78, 5) is 4.49. The first-order valence-electron chi connectivity index (χ1n) is 6.84. The molecule has 2 nitrogen and oxygen atoms in total. The van der Waals surface area contributed by atoms with E-state index in [4.69, 9.17) is 0 Å². The minimum Gasteiger partial charge on any atom is -0.383 e. The van der Waals surface area contributed by atoms with Gasteiger partial charge >= 0.3 is 0 Å². The number of nitrogens with zero attached hydrogens (tertiary/aromatic N) is 1. The van der Waals surface area contributed by atoms with Crippen molar-refractivity contribution in [3.8, 4) is 0 Å². The van der Waals surface area contributed by atoms with Gasteiger partial charge in [0.25, 0.3) is 0 Å². The lowest BCUT2D eigenvalue weighted by Crippen LogP contribution is -2.23. The van der Waals surface area contributed by atoms with E-state index in [1.165, 1.54) is 36.1 Å². The van der Waals surface area contributed by atoms with Crippen molar-refractivity contribution in [2.45, 2.75) is 45.6 Å². The lowest BCUT2D eigenvalue weighted by Gasteiger charge is -2.28. The number of hydrogen-bond acceptors (Lipinski definition) is 3. The third kappa shape index (κ3) is 2.51. The zero-order chi connectivity index (χ0) is 12.5. The smallest absolute Gasteiger partial charge is 0.0907 e. The van der Waals surface area contributed by atoms with Crippen LogP contribution >= 0.6 is 11.3 Å². The molecular weight excluding hydrogens is 240 g/mol. The number of rotatable bonds is 4. The van der Waals surface area contributed by atoms with Gasteiger partial charge < -0.3 is 5.32 Å². The maximum atomic E-state index is 4.49. The largest absolute Gasteiger partial charge is 0.383 e. The van der Waals surface area contributed by atoms with Crippen LogP contribution in [0.2, 0.25) is 0 Å². The highest BCUT2D eigenvalue weighted by molar-refractivity contribution is 7.18. The Kier molecular flexibility index (Phi) is 3.25. The highest BCUT2D eigenvalue weighted by atomic mass is 32.1. The van der Waals surface area contributed by atoms with Crippen molar-refractivity contribution in [3.05, 3.63) is 23.2 Å². The summed E-state index contributed by atoms with van der Waals surface area (Å²) >= 11 is 1.77. The third-order valence-corrected chi connectivity index (χ3v) is 4.75. The van der Waals surface area contributed by atoms with Gasteiger partial charge in [-0.2, -0.15) is 0 Å². The number of thiazole rings is 1. The van der Waals surface area contributed by atoms with E-state index in [0.29, 0.717) is 6.04 Å². The second-order valence-electron chi connectivity index (χ2n) is 5.49. The van der Waals surface area contributed by atoms with Crippen molar-refractivity contribution in [1.82, 2.24) is 4.98 Å². The van der Waals surface area contributed by atoms with Crippen molar-refractivity contribution in [2.75, 3.05) is 5.32 Å². The Morgan fingerprint density at radius 1 is 1.44 bits per heavy atom. The van der Waals surface area contributed by atoms with Crippen LogP contribution in [-0.2, 0) is 0 Å². The molecule has 0 saturated heterocycles. The molecular formula is C15H20N2S. The van der Waals surface area contributed by atoms with Gasteiger partial charge in [0.05, 0.1) is 15.2 Å². The molecule has 1 saturated carbocycles. The number of aryl methyl sites for hydroxylation is 1. The average molecular weight is 260 g/mol. The Labute approximate surface area is 112 Å². The van der Waals surface area contributed by atoms with Gasteiger partial charge in [0, 0.05) is 11.7 Å². The Balaban J connectivity index is 1.69. The minimum absolute atomic E-state index is 0.571. The highest BCUT2D eigenvalue weighted by Crippen LogP contribution is 2.31. The van der Waals surface area contributed by atoms with Crippen LogP contribution < -0.4 is 5.32 Å². The zero-order valence-corrected chi connectivity index (χ0v) is 11.9. The first-order valence-corrected chi connectivity index (χ1v) is 7.66. The van der Waals surface area contributed by atoms with E-state index in [9.17, 15) is 0 Å². The molecule has 0 spiro atoms. The molecule has 3 heteroatoms. The fourth-order valence-corrected chi connectivity index (χ4v) is 3.57. The van der Waals surface area contributed by atoms with Crippen LogP contribution in [0.3, 0.4) is 0 Å². The van der Waals surface area contributed by atoms with Crippen molar-refractivity contribution < 1.29 is 0 Å². The summed E-state index contributed by atoms with van der Waals surface area (Å²) < 4.78 is 1.29. The van der Waals surface area contributed by atoms with Crippen LogP contribution in [0.4, 0.5) is 5.69 Å². The number of aromatic nitrogens is 1. The van der Waals surface area contributed by atoms with Crippen LogP contribution in [-0.4, -0.2) is 11.0 Å². The molecule has 0 amide bonds. The predicted molar refractivity (Wildman–Crippen MR) is 79.4 cm³/mol. The van der Waals surface area contributed by atoms with Crippen LogP contribution in [0.15, 0.2) is 18.2 Å². The third-order valence-electron chi connectivity index (χ3n) is 3.82. The summed E-state index contributed by atoms with van der Waals surface area (Å²) in [6.07, 6.45) is 5.60. The van der Waals surface area contributed by atoms with Gasteiger partial charge in [0.1, 0.15) is 0 Å². The maximum Gasteiger partial charge on any atom is 0.0907 e. The first-order chi connectivity index (χ1) is 8.70. The minimum atomic E-state index is 0.571. The van der Waals surface area contributed by atoms with Gasteiger partial charge in [0.15, 0.2) is 0 Å². The number of benzene rings is 1. The van der Waals surface area contributed by atoms with Crippen LogP contribution in [0.1, 0.15) is 37.6 Å². The van der Waals surface area contributed by atoms with Crippen LogP contribution in [0, 0.1) is 12.8 Å². The molecule has 96 valence electrons. The van der Waals surface area contributed by atoms with Crippen molar-refractivity contribution in [2.24, 2.45) is 5.92 Å².